The van der Waals surface area contributed by atoms with E-state index in [9.17, 15) is 4.79 Å². The summed E-state index contributed by atoms with van der Waals surface area (Å²) in [7, 11) is 0. The summed E-state index contributed by atoms with van der Waals surface area (Å²) in [5.41, 5.74) is 1.000. The van der Waals surface area contributed by atoms with Crippen LogP contribution in [0.15, 0.2) is 53.1 Å². The van der Waals surface area contributed by atoms with E-state index in [4.69, 9.17) is 9.15 Å². The van der Waals surface area contributed by atoms with Crippen LogP contribution < -0.4 is 5.32 Å². The van der Waals surface area contributed by atoms with Crippen molar-refractivity contribution in [3.05, 3.63) is 60.1 Å². The van der Waals surface area contributed by atoms with Gasteiger partial charge in [-0.15, -0.1) is 0 Å². The third-order valence-corrected chi connectivity index (χ3v) is 4.89. The van der Waals surface area contributed by atoms with Crippen molar-refractivity contribution in [2.45, 2.75) is 44.6 Å². The van der Waals surface area contributed by atoms with E-state index in [1.165, 1.54) is 5.56 Å². The van der Waals surface area contributed by atoms with Gasteiger partial charge in [0.05, 0.1) is 11.9 Å². The fraction of sp³-hybridized carbons (Fsp3) is 0.476. The van der Waals surface area contributed by atoms with E-state index in [1.54, 1.807) is 6.26 Å². The molecule has 0 spiro atoms. The molecule has 2 atom stereocenters. The molecule has 2 heterocycles. The van der Waals surface area contributed by atoms with Gasteiger partial charge in [-0.3, -0.25) is 4.79 Å². The Kier molecular flexibility index (Phi) is 5.59. The largest absolute Gasteiger partial charge is 0.469 e. The predicted octanol–water partition coefficient (Wildman–Crippen LogP) is 4.12. The summed E-state index contributed by atoms with van der Waals surface area (Å²) in [5, 5.41) is 3.12. The lowest BCUT2D eigenvalue weighted by molar-refractivity contribution is -0.135. The van der Waals surface area contributed by atoms with Gasteiger partial charge < -0.3 is 14.5 Å². The lowest BCUT2D eigenvalue weighted by Crippen LogP contribution is -2.41. The number of carbonyl (C=O) groups is 1. The Balaban J connectivity index is 1.58. The summed E-state index contributed by atoms with van der Waals surface area (Å²) in [6.07, 6.45) is 4.10. The molecule has 1 amide bonds. The monoisotopic (exact) mass is 341 g/mol. The van der Waals surface area contributed by atoms with Crippen LogP contribution >= 0.6 is 0 Å². The van der Waals surface area contributed by atoms with Gasteiger partial charge >= 0.3 is 0 Å². The van der Waals surface area contributed by atoms with E-state index in [0.29, 0.717) is 13.2 Å². The molecule has 1 aromatic carbocycles. The van der Waals surface area contributed by atoms with Crippen molar-refractivity contribution in [3.63, 3.8) is 0 Å². The lowest BCUT2D eigenvalue weighted by atomic mass is 9.87. The normalized spacial score (nSPS) is 20.8. The third kappa shape index (κ3) is 4.73. The first-order chi connectivity index (χ1) is 12.1. The van der Waals surface area contributed by atoms with Crippen LogP contribution in [-0.2, 0) is 9.53 Å². The van der Waals surface area contributed by atoms with Gasteiger partial charge in [0.1, 0.15) is 5.76 Å². The topological polar surface area (TPSA) is 51.5 Å². The van der Waals surface area contributed by atoms with Gasteiger partial charge in [0.25, 0.3) is 0 Å². The van der Waals surface area contributed by atoms with Gasteiger partial charge in [-0.05, 0) is 50.8 Å². The minimum Gasteiger partial charge on any atom is -0.469 e. The molecule has 4 heteroatoms. The van der Waals surface area contributed by atoms with Crippen LogP contribution in [0, 0.1) is 5.92 Å². The van der Waals surface area contributed by atoms with Crippen molar-refractivity contribution in [3.8, 4) is 0 Å². The highest BCUT2D eigenvalue weighted by atomic mass is 16.5. The molecule has 1 fully saturated rings. The van der Waals surface area contributed by atoms with Crippen molar-refractivity contribution in [1.29, 1.82) is 0 Å². The standard InChI is InChI=1S/C21H27NO3/c1-21(2)15-17(11-14-25-21)20(23)22-12-10-18(19-9-6-13-24-19)16-7-4-3-5-8-16/h3-9,13,17-18H,10-12,14-15H2,1-2H3,(H,22,23)/t17-,18+/m0/s1. The number of carbonyl (C=O) groups excluding carboxylic acids is 1. The van der Waals surface area contributed by atoms with Crippen LogP contribution in [-0.4, -0.2) is 24.7 Å². The molecule has 0 unspecified atom stereocenters. The number of nitrogens with one attached hydrogen (secondary N) is 1. The SMILES string of the molecule is CC1(C)C[C@@H](C(=O)NCC[C@H](c2ccccc2)c2ccco2)CCO1. The molecule has 134 valence electrons. The van der Waals surface area contributed by atoms with Gasteiger partial charge in [0, 0.05) is 25.0 Å². The average Bonchev–Trinajstić information content (AvgIpc) is 3.12. The highest BCUT2D eigenvalue weighted by molar-refractivity contribution is 5.78. The molecule has 1 aliphatic heterocycles. The molecule has 0 aliphatic carbocycles. The smallest absolute Gasteiger partial charge is 0.223 e. The number of benzene rings is 1. The van der Waals surface area contributed by atoms with Gasteiger partial charge in [-0.2, -0.15) is 0 Å². The van der Waals surface area contributed by atoms with Crippen molar-refractivity contribution in [2.75, 3.05) is 13.2 Å². The third-order valence-electron chi connectivity index (χ3n) is 4.89. The van der Waals surface area contributed by atoms with Crippen LogP contribution in [0.2, 0.25) is 0 Å². The van der Waals surface area contributed by atoms with Crippen LogP contribution in [0.1, 0.15) is 50.4 Å². The van der Waals surface area contributed by atoms with Gasteiger partial charge in [0.15, 0.2) is 0 Å². The fourth-order valence-electron chi connectivity index (χ4n) is 3.59. The number of ether oxygens (including phenoxy) is 1. The first-order valence-electron chi connectivity index (χ1n) is 9.05. The van der Waals surface area contributed by atoms with Gasteiger partial charge in [-0.1, -0.05) is 30.3 Å². The van der Waals surface area contributed by atoms with E-state index in [-0.39, 0.29) is 23.3 Å². The zero-order valence-electron chi connectivity index (χ0n) is 15.0. The molecular weight excluding hydrogens is 314 g/mol. The molecule has 1 aliphatic rings. The number of rotatable bonds is 6. The molecular formula is C21H27NO3. The molecule has 3 rings (SSSR count). The van der Waals surface area contributed by atoms with Crippen molar-refractivity contribution < 1.29 is 13.9 Å². The van der Waals surface area contributed by atoms with E-state index in [1.807, 2.05) is 30.3 Å². The van der Waals surface area contributed by atoms with Gasteiger partial charge in [0.2, 0.25) is 5.91 Å². The maximum atomic E-state index is 12.5. The lowest BCUT2D eigenvalue weighted by Gasteiger charge is -2.34. The molecule has 1 aromatic heterocycles. The van der Waals surface area contributed by atoms with Crippen LogP contribution in [0.25, 0.3) is 0 Å². The quantitative estimate of drug-likeness (QED) is 0.860. The maximum absolute atomic E-state index is 12.5. The Morgan fingerprint density at radius 1 is 1.24 bits per heavy atom. The van der Waals surface area contributed by atoms with Crippen LogP contribution in [0.3, 0.4) is 0 Å². The molecule has 1 saturated heterocycles. The summed E-state index contributed by atoms with van der Waals surface area (Å²) in [4.78, 5) is 12.5. The molecule has 2 aromatic rings. The Bertz CT molecular complexity index is 664. The van der Waals surface area contributed by atoms with Crippen molar-refractivity contribution >= 4 is 5.91 Å². The molecule has 25 heavy (non-hydrogen) atoms. The first kappa shape index (κ1) is 17.7. The van der Waals surface area contributed by atoms with E-state index < -0.39 is 0 Å². The second-order valence-corrected chi connectivity index (χ2v) is 7.36. The predicted molar refractivity (Wildman–Crippen MR) is 97.4 cm³/mol. The fourth-order valence-corrected chi connectivity index (χ4v) is 3.59. The van der Waals surface area contributed by atoms with E-state index in [2.05, 4.69) is 31.3 Å². The van der Waals surface area contributed by atoms with Crippen LogP contribution in [0.5, 0.6) is 0 Å². The average molecular weight is 341 g/mol. The Morgan fingerprint density at radius 3 is 2.72 bits per heavy atom. The number of furan rings is 1. The Hall–Kier alpha value is -2.07. The van der Waals surface area contributed by atoms with E-state index >= 15 is 0 Å². The minimum atomic E-state index is -0.207. The summed E-state index contributed by atoms with van der Waals surface area (Å²) < 4.78 is 11.3. The summed E-state index contributed by atoms with van der Waals surface area (Å²) >= 11 is 0. The molecule has 4 nitrogen and oxygen atoms in total. The van der Waals surface area contributed by atoms with Crippen LogP contribution in [0.4, 0.5) is 0 Å². The van der Waals surface area contributed by atoms with Crippen molar-refractivity contribution in [1.82, 2.24) is 5.32 Å². The number of amides is 1. The molecule has 0 saturated carbocycles. The zero-order valence-corrected chi connectivity index (χ0v) is 15.0. The zero-order chi connectivity index (χ0) is 17.7. The molecule has 1 N–H and O–H groups in total. The number of hydrogen-bond acceptors (Lipinski definition) is 3. The highest BCUT2D eigenvalue weighted by Gasteiger charge is 2.32. The molecule has 0 radical (unpaired) electrons. The second kappa shape index (κ2) is 7.87. The summed E-state index contributed by atoms with van der Waals surface area (Å²) in [6.45, 7) is 5.39. The van der Waals surface area contributed by atoms with Crippen molar-refractivity contribution in [2.24, 2.45) is 5.92 Å². The van der Waals surface area contributed by atoms with Gasteiger partial charge in [-0.25, -0.2) is 0 Å². The molecule has 0 bridgehead atoms. The minimum absolute atomic E-state index is 0.0440. The van der Waals surface area contributed by atoms with E-state index in [0.717, 1.165) is 25.0 Å². The highest BCUT2D eigenvalue weighted by Crippen LogP contribution is 2.30. The summed E-state index contributed by atoms with van der Waals surface area (Å²) in [5.74, 6) is 1.28. The Labute approximate surface area is 149 Å². The Morgan fingerprint density at radius 2 is 2.04 bits per heavy atom. The first-order valence-corrected chi connectivity index (χ1v) is 9.05. The second-order valence-electron chi connectivity index (χ2n) is 7.36. The maximum Gasteiger partial charge on any atom is 0.223 e. The summed E-state index contributed by atoms with van der Waals surface area (Å²) in [6, 6.07) is 14.2. The number of hydrogen-bond donors (Lipinski definition) is 1.